The van der Waals surface area contributed by atoms with Gasteiger partial charge in [-0.15, -0.1) is 11.3 Å². The van der Waals surface area contributed by atoms with Gasteiger partial charge in [-0.1, -0.05) is 152 Å². The molecule has 0 saturated carbocycles. The standard InChI is InChI=1S/C51H31N3OS/c1-3-13-32(14-4-1)36-27-28-44-43(31-36)47-42(24-12-25-45(47)55-44)51-53-49(33-15-5-2-6-16-33)52-50(54-51)38-20-10-18-35(30-38)34-17-9-19-37(29-34)39-22-11-23-41-40-21-7-8-26-46(40)56-48(39)41/h1-31H. The molecule has 0 unspecified atom stereocenters. The Balaban J connectivity index is 1.05. The van der Waals surface area contributed by atoms with Gasteiger partial charge in [0.1, 0.15) is 11.2 Å². The summed E-state index contributed by atoms with van der Waals surface area (Å²) >= 11 is 1.86. The van der Waals surface area contributed by atoms with Crippen LogP contribution in [0.1, 0.15) is 0 Å². The van der Waals surface area contributed by atoms with E-state index in [1.165, 1.54) is 31.3 Å². The third kappa shape index (κ3) is 5.56. The summed E-state index contributed by atoms with van der Waals surface area (Å²) < 4.78 is 9.02. The van der Waals surface area contributed by atoms with Crippen LogP contribution in [0.3, 0.4) is 0 Å². The molecule has 0 aliphatic rings. The summed E-state index contributed by atoms with van der Waals surface area (Å²) in [7, 11) is 0. The van der Waals surface area contributed by atoms with Crippen molar-refractivity contribution < 1.29 is 4.42 Å². The summed E-state index contributed by atoms with van der Waals surface area (Å²) in [6, 6.07) is 65.7. The number of furan rings is 1. The highest BCUT2D eigenvalue weighted by atomic mass is 32.1. The number of fused-ring (bicyclic) bond motifs is 6. The summed E-state index contributed by atoms with van der Waals surface area (Å²) in [5.41, 5.74) is 11.3. The van der Waals surface area contributed by atoms with Gasteiger partial charge in [0.05, 0.1) is 0 Å². The molecule has 3 aromatic heterocycles. The van der Waals surface area contributed by atoms with E-state index in [0.29, 0.717) is 17.5 Å². The van der Waals surface area contributed by atoms with Gasteiger partial charge < -0.3 is 4.42 Å². The Bertz CT molecular complexity index is 3260. The smallest absolute Gasteiger partial charge is 0.164 e. The number of benzene rings is 8. The molecule has 262 valence electrons. The lowest BCUT2D eigenvalue weighted by Crippen LogP contribution is -2.00. The van der Waals surface area contributed by atoms with Crippen LogP contribution in [0.5, 0.6) is 0 Å². The zero-order valence-corrected chi connectivity index (χ0v) is 30.9. The van der Waals surface area contributed by atoms with E-state index < -0.39 is 0 Å². The monoisotopic (exact) mass is 733 g/mol. The Hall–Kier alpha value is -7.21. The number of thiophene rings is 1. The molecule has 56 heavy (non-hydrogen) atoms. The molecule has 11 aromatic rings. The van der Waals surface area contributed by atoms with Gasteiger partial charge in [-0.05, 0) is 69.8 Å². The Kier molecular flexibility index (Phi) is 7.64. The van der Waals surface area contributed by atoms with Crippen LogP contribution in [0, 0.1) is 0 Å². The lowest BCUT2D eigenvalue weighted by Gasteiger charge is -2.11. The first-order valence-electron chi connectivity index (χ1n) is 18.7. The fourth-order valence-electron chi connectivity index (χ4n) is 7.84. The fourth-order valence-corrected chi connectivity index (χ4v) is 9.08. The van der Waals surface area contributed by atoms with Crippen molar-refractivity contribution in [3.63, 3.8) is 0 Å². The second-order valence-electron chi connectivity index (χ2n) is 14.0. The minimum absolute atomic E-state index is 0.594. The van der Waals surface area contributed by atoms with E-state index in [2.05, 4.69) is 140 Å². The number of nitrogens with zero attached hydrogens (tertiary/aromatic N) is 3. The molecule has 8 aromatic carbocycles. The molecule has 4 nitrogen and oxygen atoms in total. The maximum absolute atomic E-state index is 6.41. The maximum atomic E-state index is 6.41. The number of hydrogen-bond acceptors (Lipinski definition) is 5. The predicted molar refractivity (Wildman–Crippen MR) is 233 cm³/mol. The molecule has 0 aliphatic heterocycles. The summed E-state index contributed by atoms with van der Waals surface area (Å²) in [5.74, 6) is 1.82. The summed E-state index contributed by atoms with van der Waals surface area (Å²) in [6.07, 6.45) is 0. The first-order chi connectivity index (χ1) is 27.7. The predicted octanol–water partition coefficient (Wildman–Crippen LogP) is 14.1. The average Bonchev–Trinajstić information content (AvgIpc) is 3.85. The van der Waals surface area contributed by atoms with Gasteiger partial charge >= 0.3 is 0 Å². The molecular formula is C51H31N3OS. The first-order valence-corrected chi connectivity index (χ1v) is 19.5. The van der Waals surface area contributed by atoms with Crippen LogP contribution in [0.25, 0.3) is 110 Å². The number of rotatable bonds is 6. The summed E-state index contributed by atoms with van der Waals surface area (Å²) in [6.45, 7) is 0. The van der Waals surface area contributed by atoms with Crippen LogP contribution in [0.15, 0.2) is 192 Å². The molecule has 0 saturated heterocycles. The molecule has 0 spiro atoms. The van der Waals surface area contributed by atoms with Crippen molar-refractivity contribution in [3.8, 4) is 67.5 Å². The first kappa shape index (κ1) is 32.2. The van der Waals surface area contributed by atoms with E-state index in [-0.39, 0.29) is 0 Å². The topological polar surface area (TPSA) is 51.8 Å². The normalized spacial score (nSPS) is 11.6. The lowest BCUT2D eigenvalue weighted by atomic mass is 9.97. The molecular weight excluding hydrogens is 703 g/mol. The minimum Gasteiger partial charge on any atom is -0.456 e. The maximum Gasteiger partial charge on any atom is 0.164 e. The van der Waals surface area contributed by atoms with Crippen molar-refractivity contribution in [1.82, 2.24) is 15.0 Å². The minimum atomic E-state index is 0.594. The van der Waals surface area contributed by atoms with Crippen LogP contribution < -0.4 is 0 Å². The van der Waals surface area contributed by atoms with E-state index in [1.807, 2.05) is 59.9 Å². The third-order valence-electron chi connectivity index (χ3n) is 10.5. The van der Waals surface area contributed by atoms with Gasteiger partial charge in [0.2, 0.25) is 0 Å². The molecule has 0 bridgehead atoms. The quantitative estimate of drug-likeness (QED) is 0.171. The van der Waals surface area contributed by atoms with Gasteiger partial charge in [0, 0.05) is 47.6 Å². The summed E-state index contributed by atoms with van der Waals surface area (Å²) in [5, 5.41) is 4.61. The van der Waals surface area contributed by atoms with E-state index in [1.54, 1.807) is 0 Å². The number of aromatic nitrogens is 3. The molecule has 0 N–H and O–H groups in total. The molecule has 5 heteroatoms. The van der Waals surface area contributed by atoms with Crippen LogP contribution in [-0.2, 0) is 0 Å². The average molecular weight is 734 g/mol. The highest BCUT2D eigenvalue weighted by Crippen LogP contribution is 2.42. The second-order valence-corrected chi connectivity index (χ2v) is 15.0. The fraction of sp³-hybridized carbons (Fsp3) is 0. The zero-order chi connectivity index (χ0) is 37.0. The molecule has 0 fully saturated rings. The van der Waals surface area contributed by atoms with Crippen LogP contribution in [0.2, 0.25) is 0 Å². The molecule has 3 heterocycles. The van der Waals surface area contributed by atoms with E-state index in [0.717, 1.165) is 60.9 Å². The molecule has 0 radical (unpaired) electrons. The Morgan fingerprint density at radius 2 is 0.911 bits per heavy atom. The van der Waals surface area contributed by atoms with E-state index in [9.17, 15) is 0 Å². The molecule has 0 amide bonds. The van der Waals surface area contributed by atoms with Crippen molar-refractivity contribution in [2.75, 3.05) is 0 Å². The van der Waals surface area contributed by atoms with E-state index in [4.69, 9.17) is 19.4 Å². The molecule has 11 rings (SSSR count). The SMILES string of the molecule is c1ccc(-c2ccc3oc4cccc(-c5nc(-c6ccccc6)nc(-c6cccc(-c7cccc(-c8cccc9c8sc8ccccc89)c7)c6)n5)c4c3c2)cc1. The highest BCUT2D eigenvalue weighted by molar-refractivity contribution is 7.26. The van der Waals surface area contributed by atoms with Gasteiger partial charge in [-0.3, -0.25) is 0 Å². The molecule has 0 atom stereocenters. The third-order valence-corrected chi connectivity index (χ3v) is 11.8. The summed E-state index contributed by atoms with van der Waals surface area (Å²) in [4.78, 5) is 15.4. The van der Waals surface area contributed by atoms with Crippen molar-refractivity contribution >= 4 is 53.4 Å². The van der Waals surface area contributed by atoms with Gasteiger partial charge in [0.15, 0.2) is 17.5 Å². The Morgan fingerprint density at radius 1 is 0.339 bits per heavy atom. The van der Waals surface area contributed by atoms with Crippen LogP contribution in [-0.4, -0.2) is 15.0 Å². The van der Waals surface area contributed by atoms with Crippen molar-refractivity contribution in [2.24, 2.45) is 0 Å². The van der Waals surface area contributed by atoms with Crippen LogP contribution >= 0.6 is 11.3 Å². The van der Waals surface area contributed by atoms with Crippen molar-refractivity contribution in [3.05, 3.63) is 188 Å². The molecule has 0 aliphatic carbocycles. The van der Waals surface area contributed by atoms with Crippen LogP contribution in [0.4, 0.5) is 0 Å². The number of hydrogen-bond donors (Lipinski definition) is 0. The van der Waals surface area contributed by atoms with Crippen molar-refractivity contribution in [1.29, 1.82) is 0 Å². The van der Waals surface area contributed by atoms with Gasteiger partial charge in [-0.25, -0.2) is 15.0 Å². The largest absolute Gasteiger partial charge is 0.456 e. The van der Waals surface area contributed by atoms with Crippen molar-refractivity contribution in [2.45, 2.75) is 0 Å². The highest BCUT2D eigenvalue weighted by Gasteiger charge is 2.19. The van der Waals surface area contributed by atoms with E-state index >= 15 is 0 Å². The lowest BCUT2D eigenvalue weighted by molar-refractivity contribution is 0.669. The van der Waals surface area contributed by atoms with Gasteiger partial charge in [0.25, 0.3) is 0 Å². The van der Waals surface area contributed by atoms with Gasteiger partial charge in [-0.2, -0.15) is 0 Å². The Labute approximate surface area is 327 Å². The zero-order valence-electron chi connectivity index (χ0n) is 30.1. The second kappa shape index (κ2) is 13.3. The Morgan fingerprint density at radius 3 is 1.73 bits per heavy atom.